The summed E-state index contributed by atoms with van der Waals surface area (Å²) in [4.78, 5) is 37.8. The van der Waals surface area contributed by atoms with E-state index in [9.17, 15) is 14.3 Å². The van der Waals surface area contributed by atoms with Crippen molar-refractivity contribution in [1.29, 1.82) is 0 Å². The number of ether oxygens (including phenoxy) is 1. The van der Waals surface area contributed by atoms with E-state index in [1.807, 2.05) is 0 Å². The molecular weight excluding hydrogens is 629 g/mol. The standard InChI is InChI=1S/C18H21FN10O8P2S2/c19-10-9-5-35-38(31,40)33-2-1-28-7(3-8-13(20)22-6-23-14(8)28)4-34-39(32,41)37-12(10)17(36-9)29-15-11(26-27-29)16(30)25-18(21)24-15/h3,6,9-10,12,17H,1-2,4-5H2,(H7,20,21,22,23,24,25,27,30,31,32,40,41)/p+1. The van der Waals surface area contributed by atoms with Gasteiger partial charge in [-0.1, -0.05) is 17.2 Å². The van der Waals surface area contributed by atoms with Crippen LogP contribution in [0, 0.1) is 0 Å². The molecule has 41 heavy (non-hydrogen) atoms. The van der Waals surface area contributed by atoms with Gasteiger partial charge in [0.05, 0.1) is 25.2 Å². The number of aromatic amines is 2. The molecule has 6 rings (SSSR count). The van der Waals surface area contributed by atoms with Gasteiger partial charge in [0.15, 0.2) is 12.3 Å². The zero-order chi connectivity index (χ0) is 29.1. The number of nitrogens with zero attached hydrogens (tertiary/aromatic N) is 6. The Balaban J connectivity index is 1.39. The summed E-state index contributed by atoms with van der Waals surface area (Å²) in [5.41, 5.74) is 11.6. The predicted octanol–water partition coefficient (Wildman–Crippen LogP) is -0.0182. The Hall–Kier alpha value is -2.58. The number of H-pyrrole nitrogens is 2. The van der Waals surface area contributed by atoms with Crippen LogP contribution in [0.3, 0.4) is 0 Å². The molecule has 18 nitrogen and oxygen atoms in total. The number of nitrogens with two attached hydrogens (primary N) is 2. The molecule has 7 N–H and O–H groups in total. The van der Waals surface area contributed by atoms with Crippen LogP contribution >= 0.6 is 25.8 Å². The Morgan fingerprint density at radius 3 is 2.90 bits per heavy atom. The third-order valence-electron chi connectivity index (χ3n) is 6.32. The molecule has 0 spiro atoms. The minimum Gasteiger partial charge on any atom is -0.383 e. The lowest BCUT2D eigenvalue weighted by atomic mass is 10.1. The maximum Gasteiger partial charge on any atom is 0.386 e. The van der Waals surface area contributed by atoms with Crippen molar-refractivity contribution < 1.29 is 41.4 Å². The van der Waals surface area contributed by atoms with Crippen molar-refractivity contribution in [2.75, 3.05) is 24.7 Å². The number of alkyl halides is 1. The molecule has 2 bridgehead atoms. The summed E-state index contributed by atoms with van der Waals surface area (Å²) in [5, 5.41) is 6.86. The average molecular weight is 652 g/mol. The van der Waals surface area contributed by atoms with E-state index in [2.05, 4.69) is 42.5 Å². The smallest absolute Gasteiger partial charge is 0.383 e. The molecule has 0 radical (unpaired) electrons. The number of halogens is 1. The van der Waals surface area contributed by atoms with Crippen molar-refractivity contribution in [2.45, 2.75) is 37.8 Å². The second kappa shape index (κ2) is 10.6. The number of fused-ring (bicyclic) bond motifs is 6. The first-order valence-corrected chi connectivity index (χ1v) is 17.0. The van der Waals surface area contributed by atoms with Crippen LogP contribution < -0.4 is 21.7 Å². The van der Waals surface area contributed by atoms with Crippen molar-refractivity contribution in [2.24, 2.45) is 0 Å². The maximum atomic E-state index is 15.8. The van der Waals surface area contributed by atoms with Crippen LogP contribution in [0.1, 0.15) is 11.9 Å². The third-order valence-corrected chi connectivity index (χ3v) is 9.54. The highest BCUT2D eigenvalue weighted by molar-refractivity contribution is 8.44. The van der Waals surface area contributed by atoms with Gasteiger partial charge in [-0.2, -0.15) is 0 Å². The molecule has 23 heteroatoms. The number of nitrogens with one attached hydrogen (secondary N) is 2. The summed E-state index contributed by atoms with van der Waals surface area (Å²) in [5.74, 6) is -0.0638. The van der Waals surface area contributed by atoms with Crippen LogP contribution in [0.2, 0.25) is 0 Å². The van der Waals surface area contributed by atoms with Gasteiger partial charge in [-0.3, -0.25) is 23.3 Å². The van der Waals surface area contributed by atoms with Gasteiger partial charge in [0.1, 0.15) is 23.9 Å². The van der Waals surface area contributed by atoms with E-state index >= 15 is 4.39 Å². The van der Waals surface area contributed by atoms with E-state index in [1.54, 1.807) is 10.6 Å². The summed E-state index contributed by atoms with van der Waals surface area (Å²) in [6, 6.07) is 1.62. The number of hydrogen-bond acceptors (Lipinski definition) is 14. The van der Waals surface area contributed by atoms with Gasteiger partial charge < -0.3 is 30.2 Å². The SMILES string of the molecule is Nc1nc2c(n[nH][n+]2C2OC3COP(=O)(S)OCCn4c(cc5c(N)ncnc54)COP(O)(=S)OC2C3F)c(=O)[nH]1. The zero-order valence-corrected chi connectivity index (χ0v) is 24.1. The molecule has 2 aliphatic rings. The summed E-state index contributed by atoms with van der Waals surface area (Å²) < 4.78 is 59.2. The molecule has 0 amide bonds. The molecule has 1 fully saturated rings. The van der Waals surface area contributed by atoms with Crippen LogP contribution in [0.25, 0.3) is 22.2 Å². The lowest BCUT2D eigenvalue weighted by molar-refractivity contribution is -0.795. The number of anilines is 2. The van der Waals surface area contributed by atoms with Crippen LogP contribution in [0.15, 0.2) is 17.2 Å². The summed E-state index contributed by atoms with van der Waals surface area (Å²) in [7, 11) is 0. The van der Waals surface area contributed by atoms with E-state index in [0.717, 1.165) is 4.68 Å². The summed E-state index contributed by atoms with van der Waals surface area (Å²) in [6.07, 6.45) is -5.27. The van der Waals surface area contributed by atoms with Crippen molar-refractivity contribution >= 4 is 71.5 Å². The van der Waals surface area contributed by atoms with Crippen molar-refractivity contribution in [3.63, 3.8) is 0 Å². The van der Waals surface area contributed by atoms with Gasteiger partial charge in [-0.25, -0.2) is 18.9 Å². The van der Waals surface area contributed by atoms with Gasteiger partial charge in [-0.15, -0.1) is 9.90 Å². The molecule has 2 aliphatic heterocycles. The van der Waals surface area contributed by atoms with E-state index in [0.29, 0.717) is 16.7 Å². The summed E-state index contributed by atoms with van der Waals surface area (Å²) in [6.45, 7) is -9.18. The summed E-state index contributed by atoms with van der Waals surface area (Å²) >= 11 is 9.20. The second-order valence-electron chi connectivity index (χ2n) is 8.91. The molecule has 0 aliphatic carbocycles. The lowest BCUT2D eigenvalue weighted by Crippen LogP contribution is -2.49. The van der Waals surface area contributed by atoms with E-state index in [-0.39, 0.29) is 42.7 Å². The Bertz CT molecular complexity index is 1800. The van der Waals surface area contributed by atoms with Crippen LogP contribution in [0.4, 0.5) is 16.2 Å². The number of hydrogen-bond donors (Lipinski definition) is 6. The molecule has 1 saturated heterocycles. The molecule has 6 unspecified atom stereocenters. The zero-order valence-electron chi connectivity index (χ0n) is 20.6. The van der Waals surface area contributed by atoms with Gasteiger partial charge >= 0.3 is 30.2 Å². The topological polar surface area (TPSA) is 245 Å². The predicted molar refractivity (Wildman–Crippen MR) is 145 cm³/mol. The molecule has 0 aromatic carbocycles. The van der Waals surface area contributed by atoms with Gasteiger partial charge in [0.25, 0.3) is 5.95 Å². The van der Waals surface area contributed by atoms with E-state index in [1.165, 1.54) is 6.33 Å². The first-order chi connectivity index (χ1) is 19.4. The van der Waals surface area contributed by atoms with Crippen molar-refractivity contribution in [1.82, 2.24) is 34.8 Å². The largest absolute Gasteiger partial charge is 0.386 e. The molecular formula is C18H22FN10O8P2S2+. The Morgan fingerprint density at radius 1 is 1.29 bits per heavy atom. The fraction of sp³-hybridized carbons (Fsp3) is 0.444. The van der Waals surface area contributed by atoms with Gasteiger partial charge in [0, 0.05) is 12.2 Å². The van der Waals surface area contributed by atoms with Gasteiger partial charge in [-0.05, 0) is 23.0 Å². The Morgan fingerprint density at radius 2 is 2.10 bits per heavy atom. The van der Waals surface area contributed by atoms with Crippen LogP contribution in [0.5, 0.6) is 0 Å². The number of aromatic nitrogens is 8. The molecule has 6 atom stereocenters. The second-order valence-corrected chi connectivity index (χ2v) is 14.6. The highest BCUT2D eigenvalue weighted by atomic mass is 32.7. The minimum absolute atomic E-state index is 0.0941. The highest BCUT2D eigenvalue weighted by Crippen LogP contribution is 2.54. The number of rotatable bonds is 1. The highest BCUT2D eigenvalue weighted by Gasteiger charge is 2.53. The monoisotopic (exact) mass is 651 g/mol. The maximum absolute atomic E-state index is 15.8. The van der Waals surface area contributed by atoms with E-state index < -0.39 is 50.3 Å². The molecule has 4 aromatic rings. The average Bonchev–Trinajstić information content (AvgIpc) is 3.56. The molecule has 6 heterocycles. The first kappa shape index (κ1) is 28.5. The molecule has 0 saturated carbocycles. The fourth-order valence-electron chi connectivity index (χ4n) is 4.51. The third kappa shape index (κ3) is 5.50. The Labute approximate surface area is 238 Å². The number of thiol groups is 1. The molecule has 220 valence electrons. The Kier molecular flexibility index (Phi) is 7.38. The first-order valence-electron chi connectivity index (χ1n) is 11.7. The fourth-order valence-corrected chi connectivity index (χ4v) is 7.01. The normalized spacial score (nSPS) is 31.6. The van der Waals surface area contributed by atoms with Gasteiger partial charge in [0.2, 0.25) is 6.23 Å². The minimum atomic E-state index is -4.18. The lowest BCUT2D eigenvalue weighted by Gasteiger charge is -2.23. The quantitative estimate of drug-likeness (QED) is 0.0900. The molecule has 4 aromatic heterocycles. The van der Waals surface area contributed by atoms with Crippen LogP contribution in [-0.2, 0) is 52.4 Å². The van der Waals surface area contributed by atoms with Crippen molar-refractivity contribution in [3.8, 4) is 0 Å². The van der Waals surface area contributed by atoms with E-state index in [4.69, 9.17) is 46.1 Å². The van der Waals surface area contributed by atoms with Crippen molar-refractivity contribution in [3.05, 3.63) is 28.4 Å². The number of nitrogen functional groups attached to an aromatic ring is 2. The van der Waals surface area contributed by atoms with Crippen LogP contribution in [-0.4, -0.2) is 71.3 Å².